The molecule has 0 radical (unpaired) electrons. The van der Waals surface area contributed by atoms with Gasteiger partial charge < -0.3 is 15.0 Å². The Hall–Kier alpha value is -0.940. The second-order valence-electron chi connectivity index (χ2n) is 5.83. The summed E-state index contributed by atoms with van der Waals surface area (Å²) in [5.41, 5.74) is 6.00. The molecule has 1 aromatic heterocycles. The summed E-state index contributed by atoms with van der Waals surface area (Å²) in [6, 6.07) is -0.219. The van der Waals surface area contributed by atoms with Gasteiger partial charge in [0, 0.05) is 19.6 Å². The molecule has 96 valence electrons. The van der Waals surface area contributed by atoms with Gasteiger partial charge in [0.05, 0.1) is 6.04 Å². The van der Waals surface area contributed by atoms with Crippen LogP contribution in [0.2, 0.25) is 0 Å². The molecule has 1 saturated heterocycles. The number of nitrogens with zero attached hydrogens (tertiary/aromatic N) is 2. The summed E-state index contributed by atoms with van der Waals surface area (Å²) in [4.78, 5) is 4.38. The second-order valence-corrected chi connectivity index (χ2v) is 5.83. The maximum Gasteiger partial charge on any atom is 0.244 e. The van der Waals surface area contributed by atoms with Crippen LogP contribution in [-0.2, 0) is 11.2 Å². The molecule has 0 amide bonds. The summed E-state index contributed by atoms with van der Waals surface area (Å²) in [6.45, 7) is 7.83. The van der Waals surface area contributed by atoms with Gasteiger partial charge in [-0.05, 0) is 17.8 Å². The zero-order valence-electron chi connectivity index (χ0n) is 10.8. The van der Waals surface area contributed by atoms with Gasteiger partial charge in [-0.1, -0.05) is 25.9 Å². The van der Waals surface area contributed by atoms with E-state index < -0.39 is 0 Å². The number of hydrogen-bond donors (Lipinski definition) is 1. The molecule has 0 aromatic carbocycles. The lowest BCUT2D eigenvalue weighted by Crippen LogP contribution is -2.26. The molecule has 2 rings (SSSR count). The molecule has 0 bridgehead atoms. The smallest absolute Gasteiger partial charge is 0.244 e. The van der Waals surface area contributed by atoms with Crippen molar-refractivity contribution in [2.45, 2.75) is 39.7 Å². The summed E-state index contributed by atoms with van der Waals surface area (Å²) >= 11 is 0. The van der Waals surface area contributed by atoms with Gasteiger partial charge >= 0.3 is 0 Å². The highest BCUT2D eigenvalue weighted by molar-refractivity contribution is 4.97. The maximum atomic E-state index is 6.07. The van der Waals surface area contributed by atoms with E-state index in [1.165, 1.54) is 0 Å². The van der Waals surface area contributed by atoms with Crippen LogP contribution in [0.4, 0.5) is 0 Å². The molecular weight excluding hydrogens is 218 g/mol. The van der Waals surface area contributed by atoms with E-state index in [0.717, 1.165) is 31.9 Å². The van der Waals surface area contributed by atoms with Crippen LogP contribution in [0, 0.1) is 11.3 Å². The fourth-order valence-electron chi connectivity index (χ4n) is 1.85. The minimum absolute atomic E-state index is 0.0692. The minimum atomic E-state index is -0.219. The molecular formula is C12H21N3O2. The molecule has 1 aliphatic rings. The number of nitrogens with two attached hydrogens (primary N) is 1. The maximum absolute atomic E-state index is 6.07. The third-order valence-corrected chi connectivity index (χ3v) is 3.18. The van der Waals surface area contributed by atoms with E-state index >= 15 is 0 Å². The Kier molecular flexibility index (Phi) is 3.49. The van der Waals surface area contributed by atoms with Crippen molar-refractivity contribution in [1.29, 1.82) is 0 Å². The standard InChI is InChI=1S/C12H21N3O2/c1-12(2,3)10(13)11-14-9(15-17-11)6-8-4-5-16-7-8/h8,10H,4-7,13H2,1-3H3. The Labute approximate surface area is 102 Å². The van der Waals surface area contributed by atoms with Crippen LogP contribution in [0.1, 0.15) is 44.9 Å². The van der Waals surface area contributed by atoms with Crippen LogP contribution in [-0.4, -0.2) is 23.4 Å². The van der Waals surface area contributed by atoms with E-state index in [2.05, 4.69) is 30.9 Å². The van der Waals surface area contributed by atoms with Crippen LogP contribution in [0.25, 0.3) is 0 Å². The lowest BCUT2D eigenvalue weighted by atomic mass is 9.87. The highest BCUT2D eigenvalue weighted by Gasteiger charge is 2.28. The normalized spacial score (nSPS) is 22.9. The topological polar surface area (TPSA) is 74.2 Å². The Bertz CT molecular complexity index is 364. The summed E-state index contributed by atoms with van der Waals surface area (Å²) in [5, 5.41) is 3.99. The number of ether oxygens (including phenoxy) is 1. The van der Waals surface area contributed by atoms with Crippen molar-refractivity contribution in [3.8, 4) is 0 Å². The van der Waals surface area contributed by atoms with Crippen LogP contribution < -0.4 is 5.73 Å². The Morgan fingerprint density at radius 2 is 2.24 bits per heavy atom. The van der Waals surface area contributed by atoms with E-state index in [4.69, 9.17) is 15.0 Å². The van der Waals surface area contributed by atoms with Crippen molar-refractivity contribution in [2.24, 2.45) is 17.1 Å². The van der Waals surface area contributed by atoms with Crippen molar-refractivity contribution in [2.75, 3.05) is 13.2 Å². The van der Waals surface area contributed by atoms with Gasteiger partial charge in [0.1, 0.15) is 0 Å². The molecule has 5 heteroatoms. The molecule has 1 aromatic rings. The number of rotatable bonds is 3. The molecule has 2 heterocycles. The SMILES string of the molecule is CC(C)(C)C(N)c1nc(CC2CCOC2)no1. The quantitative estimate of drug-likeness (QED) is 0.868. The first kappa shape index (κ1) is 12.5. The fourth-order valence-corrected chi connectivity index (χ4v) is 1.85. The first-order valence-electron chi connectivity index (χ1n) is 6.12. The third kappa shape index (κ3) is 3.04. The van der Waals surface area contributed by atoms with Gasteiger partial charge in [-0.15, -0.1) is 0 Å². The molecule has 0 aliphatic carbocycles. The van der Waals surface area contributed by atoms with Gasteiger partial charge in [-0.2, -0.15) is 4.98 Å². The predicted octanol–water partition coefficient (Wildman–Crippen LogP) is 1.69. The van der Waals surface area contributed by atoms with E-state index in [-0.39, 0.29) is 11.5 Å². The van der Waals surface area contributed by atoms with E-state index in [1.54, 1.807) is 0 Å². The van der Waals surface area contributed by atoms with E-state index in [1.807, 2.05) is 0 Å². The molecule has 5 nitrogen and oxygen atoms in total. The second kappa shape index (κ2) is 4.74. The molecule has 0 saturated carbocycles. The summed E-state index contributed by atoms with van der Waals surface area (Å²) < 4.78 is 10.6. The van der Waals surface area contributed by atoms with E-state index in [9.17, 15) is 0 Å². The predicted molar refractivity (Wildman–Crippen MR) is 63.3 cm³/mol. The Morgan fingerprint density at radius 1 is 1.47 bits per heavy atom. The van der Waals surface area contributed by atoms with Crippen molar-refractivity contribution in [1.82, 2.24) is 10.1 Å². The molecule has 17 heavy (non-hydrogen) atoms. The highest BCUT2D eigenvalue weighted by Crippen LogP contribution is 2.29. The first-order chi connectivity index (χ1) is 7.97. The summed E-state index contributed by atoms with van der Waals surface area (Å²) in [7, 11) is 0. The monoisotopic (exact) mass is 239 g/mol. The fraction of sp³-hybridized carbons (Fsp3) is 0.833. The van der Waals surface area contributed by atoms with Crippen molar-refractivity contribution in [3.63, 3.8) is 0 Å². The zero-order valence-corrected chi connectivity index (χ0v) is 10.8. The lowest BCUT2D eigenvalue weighted by Gasteiger charge is -2.23. The van der Waals surface area contributed by atoms with Crippen LogP contribution in [0.15, 0.2) is 4.52 Å². The van der Waals surface area contributed by atoms with Gasteiger partial charge in [0.25, 0.3) is 0 Å². The van der Waals surface area contributed by atoms with Crippen LogP contribution in [0.3, 0.4) is 0 Å². The molecule has 1 aliphatic heterocycles. The van der Waals surface area contributed by atoms with E-state index in [0.29, 0.717) is 11.8 Å². The van der Waals surface area contributed by atoms with Gasteiger partial charge in [-0.3, -0.25) is 0 Å². The molecule has 0 spiro atoms. The van der Waals surface area contributed by atoms with Crippen molar-refractivity contribution in [3.05, 3.63) is 11.7 Å². The Balaban J connectivity index is 2.00. The molecule has 2 atom stereocenters. The zero-order chi connectivity index (χ0) is 12.5. The first-order valence-corrected chi connectivity index (χ1v) is 6.12. The largest absolute Gasteiger partial charge is 0.381 e. The van der Waals surface area contributed by atoms with Gasteiger partial charge in [-0.25, -0.2) is 0 Å². The number of hydrogen-bond acceptors (Lipinski definition) is 5. The van der Waals surface area contributed by atoms with Gasteiger partial charge in [0.2, 0.25) is 5.89 Å². The van der Waals surface area contributed by atoms with Gasteiger partial charge in [0.15, 0.2) is 5.82 Å². The highest BCUT2D eigenvalue weighted by atomic mass is 16.5. The van der Waals surface area contributed by atoms with Crippen LogP contribution in [0.5, 0.6) is 0 Å². The number of aromatic nitrogens is 2. The minimum Gasteiger partial charge on any atom is -0.381 e. The molecule has 1 fully saturated rings. The van der Waals surface area contributed by atoms with Crippen LogP contribution >= 0.6 is 0 Å². The lowest BCUT2D eigenvalue weighted by molar-refractivity contribution is 0.185. The average Bonchev–Trinajstić information content (AvgIpc) is 2.87. The summed E-state index contributed by atoms with van der Waals surface area (Å²) in [6.07, 6.45) is 1.90. The molecule has 2 N–H and O–H groups in total. The Morgan fingerprint density at radius 3 is 2.82 bits per heavy atom. The third-order valence-electron chi connectivity index (χ3n) is 3.18. The average molecular weight is 239 g/mol. The van der Waals surface area contributed by atoms with Crippen molar-refractivity contribution >= 4 is 0 Å². The summed E-state index contributed by atoms with van der Waals surface area (Å²) in [5.74, 6) is 1.80. The van der Waals surface area contributed by atoms with Crippen molar-refractivity contribution < 1.29 is 9.26 Å². The molecule has 2 unspecified atom stereocenters.